The summed E-state index contributed by atoms with van der Waals surface area (Å²) >= 11 is 1.63. The number of hydrogen-bond acceptors (Lipinski definition) is 6. The van der Waals surface area contributed by atoms with E-state index in [1.54, 1.807) is 11.3 Å². The molecule has 0 aliphatic carbocycles. The molecule has 0 atom stereocenters. The first-order valence-electron chi connectivity index (χ1n) is 8.60. The van der Waals surface area contributed by atoms with Crippen molar-refractivity contribution in [2.45, 2.75) is 13.8 Å². The van der Waals surface area contributed by atoms with E-state index >= 15 is 0 Å². The molecule has 6 heteroatoms. The topological polar surface area (TPSA) is 52.6 Å². The zero-order valence-electron chi connectivity index (χ0n) is 14.7. The SMILES string of the molecule is CCOc1ccc(-c2nc(Nc3ccc4c(c3)OCCO4)sc2C)cc1. The van der Waals surface area contributed by atoms with E-state index in [1.165, 1.54) is 0 Å². The molecule has 2 heterocycles. The molecule has 5 nitrogen and oxygen atoms in total. The molecule has 0 saturated heterocycles. The van der Waals surface area contributed by atoms with Crippen molar-refractivity contribution in [1.29, 1.82) is 0 Å². The molecular formula is C20H20N2O3S. The van der Waals surface area contributed by atoms with Gasteiger partial charge in [-0.1, -0.05) is 0 Å². The Kier molecular flexibility index (Phi) is 4.67. The highest BCUT2D eigenvalue weighted by Crippen LogP contribution is 2.36. The fourth-order valence-electron chi connectivity index (χ4n) is 2.84. The third-order valence-electron chi connectivity index (χ3n) is 4.03. The molecule has 0 saturated carbocycles. The first-order valence-corrected chi connectivity index (χ1v) is 9.42. The first kappa shape index (κ1) is 16.7. The lowest BCUT2D eigenvalue weighted by atomic mass is 10.1. The zero-order chi connectivity index (χ0) is 17.9. The third kappa shape index (κ3) is 3.46. The fourth-order valence-corrected chi connectivity index (χ4v) is 3.69. The summed E-state index contributed by atoms with van der Waals surface area (Å²) in [6, 6.07) is 13.9. The van der Waals surface area contributed by atoms with Crippen LogP contribution in [-0.2, 0) is 0 Å². The van der Waals surface area contributed by atoms with Gasteiger partial charge in [0.25, 0.3) is 0 Å². The second kappa shape index (κ2) is 7.25. The van der Waals surface area contributed by atoms with Crippen LogP contribution in [0, 0.1) is 6.92 Å². The largest absolute Gasteiger partial charge is 0.494 e. The number of benzene rings is 2. The van der Waals surface area contributed by atoms with Crippen LogP contribution in [0.5, 0.6) is 17.2 Å². The normalized spacial score (nSPS) is 12.7. The molecule has 1 N–H and O–H groups in total. The molecule has 3 aromatic rings. The van der Waals surface area contributed by atoms with Gasteiger partial charge < -0.3 is 19.5 Å². The number of ether oxygens (including phenoxy) is 3. The number of hydrogen-bond donors (Lipinski definition) is 1. The van der Waals surface area contributed by atoms with Crippen molar-refractivity contribution < 1.29 is 14.2 Å². The molecule has 26 heavy (non-hydrogen) atoms. The van der Waals surface area contributed by atoms with Crippen molar-refractivity contribution >= 4 is 22.2 Å². The van der Waals surface area contributed by atoms with Gasteiger partial charge in [-0.2, -0.15) is 0 Å². The van der Waals surface area contributed by atoms with Gasteiger partial charge in [0.1, 0.15) is 19.0 Å². The van der Waals surface area contributed by atoms with Crippen LogP contribution in [-0.4, -0.2) is 24.8 Å². The monoisotopic (exact) mass is 368 g/mol. The quantitative estimate of drug-likeness (QED) is 0.684. The number of anilines is 2. The van der Waals surface area contributed by atoms with E-state index in [0.717, 1.165) is 44.2 Å². The lowest BCUT2D eigenvalue weighted by Crippen LogP contribution is -2.15. The summed E-state index contributed by atoms with van der Waals surface area (Å²) in [6.45, 7) is 5.90. The maximum absolute atomic E-state index is 5.64. The van der Waals surface area contributed by atoms with E-state index in [-0.39, 0.29) is 0 Å². The number of aromatic nitrogens is 1. The third-order valence-corrected chi connectivity index (χ3v) is 4.92. The minimum Gasteiger partial charge on any atom is -0.494 e. The Hall–Kier alpha value is -2.73. The van der Waals surface area contributed by atoms with Crippen molar-refractivity contribution in [3.8, 4) is 28.5 Å². The van der Waals surface area contributed by atoms with Gasteiger partial charge in [0.05, 0.1) is 12.3 Å². The van der Waals surface area contributed by atoms with Gasteiger partial charge in [0.2, 0.25) is 0 Å². The Morgan fingerprint density at radius 1 is 1.08 bits per heavy atom. The summed E-state index contributed by atoms with van der Waals surface area (Å²) in [5, 5.41) is 4.21. The van der Waals surface area contributed by atoms with Crippen LogP contribution in [0.3, 0.4) is 0 Å². The van der Waals surface area contributed by atoms with Crippen molar-refractivity contribution in [2.75, 3.05) is 25.1 Å². The van der Waals surface area contributed by atoms with Gasteiger partial charge in [-0.05, 0) is 50.2 Å². The summed E-state index contributed by atoms with van der Waals surface area (Å²) in [5.74, 6) is 2.42. The van der Waals surface area contributed by atoms with Gasteiger partial charge in [-0.15, -0.1) is 11.3 Å². The Balaban J connectivity index is 1.54. The van der Waals surface area contributed by atoms with Crippen LogP contribution in [0.4, 0.5) is 10.8 Å². The fraction of sp³-hybridized carbons (Fsp3) is 0.250. The van der Waals surface area contributed by atoms with Gasteiger partial charge >= 0.3 is 0 Å². The molecule has 0 amide bonds. The smallest absolute Gasteiger partial charge is 0.187 e. The van der Waals surface area contributed by atoms with Gasteiger partial charge in [-0.25, -0.2) is 4.98 Å². The number of fused-ring (bicyclic) bond motifs is 1. The highest BCUT2D eigenvalue weighted by molar-refractivity contribution is 7.16. The molecule has 1 aliphatic rings. The van der Waals surface area contributed by atoms with Crippen molar-refractivity contribution in [1.82, 2.24) is 4.98 Å². The molecular weight excluding hydrogens is 348 g/mol. The summed E-state index contributed by atoms with van der Waals surface area (Å²) in [5.41, 5.74) is 3.00. The maximum Gasteiger partial charge on any atom is 0.187 e. The van der Waals surface area contributed by atoms with Crippen molar-refractivity contribution in [3.63, 3.8) is 0 Å². The van der Waals surface area contributed by atoms with Crippen LogP contribution in [0.2, 0.25) is 0 Å². The highest BCUT2D eigenvalue weighted by Gasteiger charge is 2.14. The minimum atomic E-state index is 0.578. The van der Waals surface area contributed by atoms with E-state index in [4.69, 9.17) is 19.2 Å². The standard InChI is InChI=1S/C20H20N2O3S/c1-3-23-16-7-4-14(5-8-16)19-13(2)26-20(22-19)21-15-6-9-17-18(12-15)25-11-10-24-17/h4-9,12H,3,10-11H2,1-2H3,(H,21,22). The Morgan fingerprint density at radius 2 is 1.85 bits per heavy atom. The maximum atomic E-state index is 5.64. The summed E-state index contributed by atoms with van der Waals surface area (Å²) in [4.78, 5) is 5.92. The van der Waals surface area contributed by atoms with Crippen LogP contribution >= 0.6 is 11.3 Å². The number of aryl methyl sites for hydroxylation is 1. The molecule has 4 rings (SSSR count). The van der Waals surface area contributed by atoms with Crippen LogP contribution in [0.15, 0.2) is 42.5 Å². The van der Waals surface area contributed by atoms with E-state index < -0.39 is 0 Å². The molecule has 0 spiro atoms. The summed E-state index contributed by atoms with van der Waals surface area (Å²) in [7, 11) is 0. The first-order chi connectivity index (χ1) is 12.7. The highest BCUT2D eigenvalue weighted by atomic mass is 32.1. The number of nitrogens with one attached hydrogen (secondary N) is 1. The molecule has 0 radical (unpaired) electrons. The Morgan fingerprint density at radius 3 is 2.62 bits per heavy atom. The molecule has 1 aromatic heterocycles. The van der Waals surface area contributed by atoms with Crippen LogP contribution in [0.1, 0.15) is 11.8 Å². The Bertz CT molecular complexity index is 906. The predicted octanol–water partition coefficient (Wildman–Crippen LogP) is 5.03. The molecule has 2 aromatic carbocycles. The van der Waals surface area contributed by atoms with Crippen LogP contribution in [0.25, 0.3) is 11.3 Å². The molecule has 134 valence electrons. The number of nitrogens with zero attached hydrogens (tertiary/aromatic N) is 1. The van der Waals surface area contributed by atoms with E-state index in [1.807, 2.05) is 49.4 Å². The average Bonchev–Trinajstić information content (AvgIpc) is 3.03. The number of thiazole rings is 1. The van der Waals surface area contributed by atoms with Crippen molar-refractivity contribution in [3.05, 3.63) is 47.3 Å². The van der Waals surface area contributed by atoms with Crippen molar-refractivity contribution in [2.24, 2.45) is 0 Å². The molecule has 0 bridgehead atoms. The number of rotatable bonds is 5. The second-order valence-electron chi connectivity index (χ2n) is 5.86. The predicted molar refractivity (Wildman–Crippen MR) is 104 cm³/mol. The van der Waals surface area contributed by atoms with E-state index in [0.29, 0.717) is 19.8 Å². The molecule has 1 aliphatic heterocycles. The van der Waals surface area contributed by atoms with Gasteiger partial charge in [-0.3, -0.25) is 0 Å². The second-order valence-corrected chi connectivity index (χ2v) is 7.07. The lowest BCUT2D eigenvalue weighted by molar-refractivity contribution is 0.171. The average molecular weight is 368 g/mol. The summed E-state index contributed by atoms with van der Waals surface area (Å²) in [6.07, 6.45) is 0. The van der Waals surface area contributed by atoms with E-state index in [2.05, 4.69) is 12.2 Å². The Labute approximate surface area is 156 Å². The van der Waals surface area contributed by atoms with Gasteiger partial charge in [0, 0.05) is 22.2 Å². The van der Waals surface area contributed by atoms with Gasteiger partial charge in [0.15, 0.2) is 16.6 Å². The van der Waals surface area contributed by atoms with Crippen LogP contribution < -0.4 is 19.5 Å². The lowest BCUT2D eigenvalue weighted by Gasteiger charge is -2.18. The molecule has 0 unspecified atom stereocenters. The van der Waals surface area contributed by atoms with E-state index in [9.17, 15) is 0 Å². The molecule has 0 fully saturated rings. The summed E-state index contributed by atoms with van der Waals surface area (Å²) < 4.78 is 16.7. The zero-order valence-corrected chi connectivity index (χ0v) is 15.6. The minimum absolute atomic E-state index is 0.578.